The number of phenols is 1. The summed E-state index contributed by atoms with van der Waals surface area (Å²) in [5.41, 5.74) is 5.46. The van der Waals surface area contributed by atoms with Gasteiger partial charge in [-0.05, 0) is 12.1 Å². The Morgan fingerprint density at radius 3 is 2.33 bits per heavy atom. The molecule has 0 aliphatic rings. The fraction of sp³-hybridized carbons (Fsp3) is 0. The van der Waals surface area contributed by atoms with Crippen LogP contribution < -0.4 is 5.73 Å². The molecule has 0 aromatic heterocycles. The minimum absolute atomic E-state index is 0.222. The molecule has 0 aliphatic carbocycles. The van der Waals surface area contributed by atoms with Gasteiger partial charge in [0.15, 0.2) is 0 Å². The number of benzene rings is 1. The number of nitrogen functional groups attached to an aromatic ring is 1. The third-order valence-corrected chi connectivity index (χ3v) is 2.16. The van der Waals surface area contributed by atoms with Crippen molar-refractivity contribution in [1.82, 2.24) is 0 Å². The lowest BCUT2D eigenvalue weighted by atomic mass is 10.3. The van der Waals surface area contributed by atoms with Gasteiger partial charge < -0.3 is 10.8 Å². The highest BCUT2D eigenvalue weighted by atomic mass is 32.2. The van der Waals surface area contributed by atoms with Crippen molar-refractivity contribution in [3.05, 3.63) is 18.2 Å². The molecule has 0 atom stereocenters. The molecule has 0 saturated heterocycles. The number of nitrogens with two attached hydrogens (primary N) is 1. The van der Waals surface area contributed by atoms with E-state index < -0.39 is 20.8 Å². The first-order valence-electron chi connectivity index (χ1n) is 2.97. The summed E-state index contributed by atoms with van der Waals surface area (Å²) in [5.74, 6) is -0.558. The molecule has 0 saturated carbocycles. The van der Waals surface area contributed by atoms with Gasteiger partial charge in [0.25, 0.3) is 10.1 Å². The molecule has 0 unspecified atom stereocenters. The topological polar surface area (TPSA) is 101 Å². The molecule has 0 aliphatic heterocycles. The molecule has 0 heterocycles. The Hall–Kier alpha value is -1.27. The fourth-order valence-corrected chi connectivity index (χ4v) is 1.32. The number of rotatable bonds is 1. The molecule has 66 valence electrons. The van der Waals surface area contributed by atoms with Crippen LogP contribution in [0.1, 0.15) is 0 Å². The van der Waals surface area contributed by atoms with E-state index in [1.54, 1.807) is 0 Å². The Morgan fingerprint density at radius 1 is 1.33 bits per heavy atom. The van der Waals surface area contributed by atoms with Gasteiger partial charge >= 0.3 is 0 Å². The predicted octanol–water partition coefficient (Wildman–Crippen LogP) is 0.221. The van der Waals surface area contributed by atoms with E-state index in [1.807, 2.05) is 0 Å². The minimum Gasteiger partial charge on any atom is -0.506 e. The van der Waals surface area contributed by atoms with Crippen LogP contribution in [0.15, 0.2) is 23.1 Å². The fourth-order valence-electron chi connectivity index (χ4n) is 0.753. The molecule has 1 aromatic carbocycles. The van der Waals surface area contributed by atoms with Crippen molar-refractivity contribution >= 4 is 15.8 Å². The van der Waals surface area contributed by atoms with Gasteiger partial charge in [-0.3, -0.25) is 4.55 Å². The Kier molecular flexibility index (Phi) is 1.95. The average molecular weight is 189 g/mol. The summed E-state index contributed by atoms with van der Waals surface area (Å²) in [6.45, 7) is 0. The maximum absolute atomic E-state index is 10.5. The molecular weight excluding hydrogens is 182 g/mol. The van der Waals surface area contributed by atoms with Crippen LogP contribution in [0.5, 0.6) is 5.75 Å². The van der Waals surface area contributed by atoms with Crippen LogP contribution in [0.2, 0.25) is 0 Å². The normalized spacial score (nSPS) is 11.4. The van der Waals surface area contributed by atoms with Crippen LogP contribution in [0.3, 0.4) is 0 Å². The van der Waals surface area contributed by atoms with Crippen LogP contribution >= 0.6 is 0 Å². The van der Waals surface area contributed by atoms with Crippen molar-refractivity contribution in [2.45, 2.75) is 4.90 Å². The van der Waals surface area contributed by atoms with Gasteiger partial charge in [-0.2, -0.15) is 8.42 Å². The molecule has 0 bridgehead atoms. The maximum atomic E-state index is 10.5. The van der Waals surface area contributed by atoms with E-state index in [9.17, 15) is 8.42 Å². The highest BCUT2D eigenvalue weighted by molar-refractivity contribution is 7.86. The lowest BCUT2D eigenvalue weighted by molar-refractivity contribution is 0.443. The number of phenolic OH excluding ortho intramolecular Hbond substituents is 1. The Morgan fingerprint density at radius 2 is 1.92 bits per heavy atom. The van der Waals surface area contributed by atoms with Crippen LogP contribution in [0.25, 0.3) is 0 Å². The van der Waals surface area contributed by atoms with E-state index >= 15 is 0 Å². The minimum atomic E-state index is -4.36. The van der Waals surface area contributed by atoms with Crippen LogP contribution in [0, 0.1) is 0 Å². The number of anilines is 1. The summed E-state index contributed by atoms with van der Waals surface area (Å²) >= 11 is 0. The maximum Gasteiger partial charge on any atom is 0.298 e. The molecule has 0 amide bonds. The molecular formula is C6H7NO4S. The third-order valence-electron chi connectivity index (χ3n) is 1.26. The lowest BCUT2D eigenvalue weighted by Crippen LogP contribution is -1.98. The summed E-state index contributed by atoms with van der Waals surface area (Å²) in [4.78, 5) is -0.545. The van der Waals surface area contributed by atoms with Crippen LogP contribution in [-0.4, -0.2) is 18.1 Å². The summed E-state index contributed by atoms with van der Waals surface area (Å²) in [6, 6.07) is 3.34. The first kappa shape index (κ1) is 8.82. The number of aromatic hydroxyl groups is 1. The highest BCUT2D eigenvalue weighted by Crippen LogP contribution is 2.23. The summed E-state index contributed by atoms with van der Waals surface area (Å²) in [7, 11) is -4.36. The van der Waals surface area contributed by atoms with Gasteiger partial charge in [0.2, 0.25) is 0 Å². The first-order chi connectivity index (χ1) is 5.41. The van der Waals surface area contributed by atoms with Crippen molar-refractivity contribution in [3.8, 4) is 5.75 Å². The highest BCUT2D eigenvalue weighted by Gasteiger charge is 2.14. The van der Waals surface area contributed by atoms with Crippen LogP contribution in [0.4, 0.5) is 5.69 Å². The molecule has 0 spiro atoms. The molecule has 12 heavy (non-hydrogen) atoms. The van der Waals surface area contributed by atoms with E-state index in [0.29, 0.717) is 0 Å². The van der Waals surface area contributed by atoms with Crippen molar-refractivity contribution in [3.63, 3.8) is 0 Å². The largest absolute Gasteiger partial charge is 0.506 e. The molecule has 0 fully saturated rings. The van der Waals surface area contributed by atoms with Crippen molar-refractivity contribution in [2.75, 3.05) is 5.73 Å². The lowest BCUT2D eigenvalue weighted by Gasteiger charge is -2.00. The monoisotopic (exact) mass is 189 g/mol. The van der Waals surface area contributed by atoms with Gasteiger partial charge in [0, 0.05) is 11.8 Å². The molecule has 1 aromatic rings. The second kappa shape index (κ2) is 2.65. The van der Waals surface area contributed by atoms with Gasteiger partial charge in [0.1, 0.15) is 10.6 Å². The zero-order valence-electron chi connectivity index (χ0n) is 5.93. The van der Waals surface area contributed by atoms with Crippen molar-refractivity contribution in [2.24, 2.45) is 0 Å². The summed E-state index contributed by atoms with van der Waals surface area (Å²) < 4.78 is 29.6. The van der Waals surface area contributed by atoms with Crippen LogP contribution in [-0.2, 0) is 10.1 Å². The van der Waals surface area contributed by atoms with Gasteiger partial charge in [-0.25, -0.2) is 0 Å². The SMILES string of the molecule is Nc1ccc(S(=O)(=O)O)c(O)c1. The number of hydrogen-bond donors (Lipinski definition) is 3. The van der Waals surface area contributed by atoms with E-state index in [1.165, 1.54) is 6.07 Å². The van der Waals surface area contributed by atoms with E-state index in [-0.39, 0.29) is 5.69 Å². The van der Waals surface area contributed by atoms with Crippen molar-refractivity contribution in [1.29, 1.82) is 0 Å². The molecule has 5 nitrogen and oxygen atoms in total. The average Bonchev–Trinajstić information content (AvgIpc) is 1.83. The Bertz CT molecular complexity index is 398. The van der Waals surface area contributed by atoms with E-state index in [2.05, 4.69) is 0 Å². The Balaban J connectivity index is 3.39. The molecule has 6 heteroatoms. The van der Waals surface area contributed by atoms with Gasteiger partial charge in [-0.1, -0.05) is 0 Å². The number of hydrogen-bond acceptors (Lipinski definition) is 4. The molecule has 1 rings (SSSR count). The quantitative estimate of drug-likeness (QED) is 0.433. The Labute approximate surface area is 69.2 Å². The predicted molar refractivity (Wildman–Crippen MR) is 42.3 cm³/mol. The standard InChI is InChI=1S/C6H7NO4S/c7-4-1-2-6(5(8)3-4)12(9,10)11/h1-3,8H,7H2,(H,9,10,11). The molecule has 4 N–H and O–H groups in total. The first-order valence-corrected chi connectivity index (χ1v) is 4.41. The van der Waals surface area contributed by atoms with E-state index in [0.717, 1.165) is 12.1 Å². The second-order valence-electron chi connectivity index (χ2n) is 2.20. The van der Waals surface area contributed by atoms with Gasteiger partial charge in [0.05, 0.1) is 0 Å². The summed E-state index contributed by atoms with van der Waals surface area (Å²) in [5, 5.41) is 9.01. The van der Waals surface area contributed by atoms with Gasteiger partial charge in [-0.15, -0.1) is 0 Å². The zero-order chi connectivity index (χ0) is 9.35. The second-order valence-corrected chi connectivity index (χ2v) is 3.59. The van der Waals surface area contributed by atoms with E-state index in [4.69, 9.17) is 15.4 Å². The van der Waals surface area contributed by atoms with Crippen molar-refractivity contribution < 1.29 is 18.1 Å². The zero-order valence-corrected chi connectivity index (χ0v) is 6.75. The smallest absolute Gasteiger partial charge is 0.298 e. The summed E-state index contributed by atoms with van der Waals surface area (Å²) in [6.07, 6.45) is 0. The molecule has 0 radical (unpaired) electrons. The third kappa shape index (κ3) is 1.66.